The van der Waals surface area contributed by atoms with Gasteiger partial charge in [0.05, 0.1) is 6.61 Å². The van der Waals surface area contributed by atoms with Crippen molar-refractivity contribution in [1.29, 1.82) is 0 Å². The number of amides is 1. The molecular weight excluding hydrogens is 266 g/mol. The van der Waals surface area contributed by atoms with Crippen molar-refractivity contribution in [2.45, 2.75) is 70.0 Å². The molecule has 0 aromatic heterocycles. The number of nitrogens with one attached hydrogen (secondary N) is 1. The molecule has 0 saturated carbocycles. The lowest BCUT2D eigenvalue weighted by atomic mass is 9.84. The van der Waals surface area contributed by atoms with Crippen LogP contribution >= 0.6 is 0 Å². The molecule has 2 rings (SSSR count). The van der Waals surface area contributed by atoms with Crippen molar-refractivity contribution in [3.63, 3.8) is 0 Å². The van der Waals surface area contributed by atoms with Crippen LogP contribution < -0.4 is 5.32 Å². The van der Waals surface area contributed by atoms with Crippen molar-refractivity contribution >= 4 is 5.91 Å². The Kier molecular flexibility index (Phi) is 4.10. The summed E-state index contributed by atoms with van der Waals surface area (Å²) in [6, 6.07) is -0.731. The lowest BCUT2D eigenvalue weighted by Gasteiger charge is -2.47. The summed E-state index contributed by atoms with van der Waals surface area (Å²) >= 11 is 0. The Morgan fingerprint density at radius 3 is 2.45 bits per heavy atom. The first-order chi connectivity index (χ1) is 9.24. The first kappa shape index (κ1) is 15.7. The molecule has 0 aromatic rings. The largest absolute Gasteiger partial charge is 0.393 e. The minimum absolute atomic E-state index is 0.294. The van der Waals surface area contributed by atoms with Gasteiger partial charge in [0.25, 0.3) is 0 Å². The van der Waals surface area contributed by atoms with Crippen LogP contribution in [0.4, 0.5) is 0 Å². The average Bonchev–Trinajstić information content (AvgIpc) is 2.68. The normalized spacial score (nSPS) is 43.1. The van der Waals surface area contributed by atoms with Gasteiger partial charge in [-0.3, -0.25) is 4.79 Å². The highest BCUT2D eigenvalue weighted by molar-refractivity contribution is 5.73. The third kappa shape index (κ3) is 2.56. The van der Waals surface area contributed by atoms with E-state index in [1.807, 2.05) is 6.92 Å². The minimum atomic E-state index is -1.26. The maximum atomic E-state index is 11.3. The summed E-state index contributed by atoms with van der Waals surface area (Å²) in [6.07, 6.45) is -1.95. The molecule has 0 radical (unpaired) electrons. The molecule has 0 aliphatic carbocycles. The van der Waals surface area contributed by atoms with Crippen LogP contribution in [0.25, 0.3) is 0 Å². The van der Waals surface area contributed by atoms with Crippen LogP contribution in [-0.4, -0.2) is 58.7 Å². The Hall–Kier alpha value is -0.730. The van der Waals surface area contributed by atoms with Crippen LogP contribution in [0.15, 0.2) is 0 Å². The summed E-state index contributed by atoms with van der Waals surface area (Å²) in [6.45, 7) is 6.40. The maximum absolute atomic E-state index is 11.3. The van der Waals surface area contributed by atoms with Crippen molar-refractivity contribution in [3.8, 4) is 0 Å². The van der Waals surface area contributed by atoms with Gasteiger partial charge >= 0.3 is 0 Å². The lowest BCUT2D eigenvalue weighted by Crippen LogP contribution is -2.68. The molecule has 116 valence electrons. The number of ether oxygens (including phenoxy) is 3. The van der Waals surface area contributed by atoms with Gasteiger partial charge in [-0.05, 0) is 20.3 Å². The van der Waals surface area contributed by atoms with Gasteiger partial charge in [-0.25, -0.2) is 0 Å². The third-order valence-electron chi connectivity index (χ3n) is 3.90. The second-order valence-electron chi connectivity index (χ2n) is 5.83. The summed E-state index contributed by atoms with van der Waals surface area (Å²) in [5.41, 5.74) is -1.03. The second-order valence-corrected chi connectivity index (χ2v) is 5.83. The first-order valence-corrected chi connectivity index (χ1v) is 6.84. The van der Waals surface area contributed by atoms with Crippen LogP contribution in [-0.2, 0) is 19.0 Å². The number of fused-ring (bicyclic) bond motifs is 1. The zero-order valence-electron chi connectivity index (χ0n) is 12.3. The lowest BCUT2D eigenvalue weighted by molar-refractivity contribution is -0.282. The van der Waals surface area contributed by atoms with E-state index in [0.717, 1.165) is 0 Å². The summed E-state index contributed by atoms with van der Waals surface area (Å²) in [5, 5.41) is 22.5. The Morgan fingerprint density at radius 2 is 1.95 bits per heavy atom. The van der Waals surface area contributed by atoms with Gasteiger partial charge in [-0.15, -0.1) is 0 Å². The smallest absolute Gasteiger partial charge is 0.217 e. The summed E-state index contributed by atoms with van der Waals surface area (Å²) in [4.78, 5) is 11.3. The van der Waals surface area contributed by atoms with E-state index in [9.17, 15) is 15.0 Å². The molecule has 7 heteroatoms. The van der Waals surface area contributed by atoms with E-state index in [-0.39, 0.29) is 12.5 Å². The van der Waals surface area contributed by atoms with Crippen LogP contribution in [0.1, 0.15) is 34.1 Å². The summed E-state index contributed by atoms with van der Waals surface area (Å²) < 4.78 is 17.2. The van der Waals surface area contributed by atoms with E-state index in [0.29, 0.717) is 6.42 Å². The molecule has 0 spiro atoms. The monoisotopic (exact) mass is 289 g/mol. The van der Waals surface area contributed by atoms with Gasteiger partial charge in [-0.1, -0.05) is 6.92 Å². The van der Waals surface area contributed by atoms with Crippen LogP contribution in [0.2, 0.25) is 0 Å². The first-order valence-electron chi connectivity index (χ1n) is 6.84. The molecule has 2 aliphatic heterocycles. The molecule has 20 heavy (non-hydrogen) atoms. The molecule has 2 saturated heterocycles. The molecule has 0 aromatic carbocycles. The highest BCUT2D eigenvalue weighted by atomic mass is 16.8. The number of aliphatic hydroxyl groups is 2. The van der Waals surface area contributed by atoms with E-state index in [1.54, 1.807) is 13.8 Å². The zero-order valence-corrected chi connectivity index (χ0v) is 12.3. The molecule has 1 amide bonds. The molecule has 3 N–H and O–H groups in total. The van der Waals surface area contributed by atoms with Crippen molar-refractivity contribution in [3.05, 3.63) is 0 Å². The van der Waals surface area contributed by atoms with E-state index in [2.05, 4.69) is 5.32 Å². The van der Waals surface area contributed by atoms with Gasteiger partial charge < -0.3 is 29.7 Å². The number of aliphatic hydroxyl groups excluding tert-OH is 2. The van der Waals surface area contributed by atoms with Gasteiger partial charge in [0, 0.05) is 6.92 Å². The minimum Gasteiger partial charge on any atom is -0.393 e. The quantitative estimate of drug-likeness (QED) is 0.648. The van der Waals surface area contributed by atoms with Crippen LogP contribution in [0.5, 0.6) is 0 Å². The van der Waals surface area contributed by atoms with Crippen LogP contribution in [0, 0.1) is 0 Å². The van der Waals surface area contributed by atoms with Crippen molar-refractivity contribution in [1.82, 2.24) is 5.32 Å². The molecule has 1 unspecified atom stereocenters. The Balaban J connectivity index is 2.33. The van der Waals surface area contributed by atoms with Crippen molar-refractivity contribution in [2.24, 2.45) is 0 Å². The fraction of sp³-hybridized carbons (Fsp3) is 0.923. The fourth-order valence-corrected chi connectivity index (χ4v) is 2.91. The third-order valence-corrected chi connectivity index (χ3v) is 3.90. The van der Waals surface area contributed by atoms with E-state index in [4.69, 9.17) is 14.2 Å². The molecule has 2 heterocycles. The summed E-state index contributed by atoms with van der Waals surface area (Å²) in [7, 11) is 0. The number of rotatable bonds is 3. The predicted octanol–water partition coefficient (Wildman–Crippen LogP) is -0.499. The number of hydrogen-bond donors (Lipinski definition) is 3. The Labute approximate surface area is 118 Å². The molecule has 0 bridgehead atoms. The van der Waals surface area contributed by atoms with Crippen molar-refractivity contribution < 1.29 is 29.2 Å². The summed E-state index contributed by atoms with van der Waals surface area (Å²) in [5.74, 6) is -1.16. The van der Waals surface area contributed by atoms with Gasteiger partial charge in [0.1, 0.15) is 23.9 Å². The van der Waals surface area contributed by atoms with Gasteiger partial charge in [-0.2, -0.15) is 0 Å². The number of carbonyl (C=O) groups is 1. The van der Waals surface area contributed by atoms with Gasteiger partial charge in [0.2, 0.25) is 5.91 Å². The SMILES string of the molecule is CC[C@]1(CO)OC(O)[C@@H](NC(C)=O)[C@H]2OC(C)(C)O[C@H]21. The molecule has 2 aliphatic rings. The van der Waals surface area contributed by atoms with E-state index in [1.165, 1.54) is 6.92 Å². The standard InChI is InChI=1S/C13H23NO6/c1-5-13(6-15)10-9(18-12(3,4)19-10)8(11(17)20-13)14-7(2)16/h8-11,15,17H,5-6H2,1-4H3,(H,14,16)/t8-,9+,10+,11?,13+/m0/s1. The highest BCUT2D eigenvalue weighted by Gasteiger charge is 2.61. The molecule has 7 nitrogen and oxygen atoms in total. The molecular formula is C13H23NO6. The molecule has 2 fully saturated rings. The predicted molar refractivity (Wildman–Crippen MR) is 68.6 cm³/mol. The van der Waals surface area contributed by atoms with Gasteiger partial charge in [0.15, 0.2) is 12.1 Å². The highest BCUT2D eigenvalue weighted by Crippen LogP contribution is 2.43. The van der Waals surface area contributed by atoms with E-state index < -0.39 is 35.9 Å². The molecule has 5 atom stereocenters. The Morgan fingerprint density at radius 1 is 1.30 bits per heavy atom. The van der Waals surface area contributed by atoms with Crippen LogP contribution in [0.3, 0.4) is 0 Å². The zero-order chi connectivity index (χ0) is 15.1. The Bertz CT molecular complexity index is 381. The second kappa shape index (κ2) is 5.23. The average molecular weight is 289 g/mol. The van der Waals surface area contributed by atoms with E-state index >= 15 is 0 Å². The van der Waals surface area contributed by atoms with Crippen molar-refractivity contribution in [2.75, 3.05) is 6.61 Å². The topological polar surface area (TPSA) is 97.2 Å². The fourth-order valence-electron chi connectivity index (χ4n) is 2.91. The maximum Gasteiger partial charge on any atom is 0.217 e. The number of hydrogen-bond acceptors (Lipinski definition) is 6. The number of carbonyl (C=O) groups excluding carboxylic acids is 1.